The molecule has 66 valence electrons. The third kappa shape index (κ3) is 1.71. The van der Waals surface area contributed by atoms with E-state index >= 15 is 0 Å². The fraction of sp³-hybridized carbons (Fsp3) is 0.333. The van der Waals surface area contributed by atoms with Crippen LogP contribution in [0.25, 0.3) is 0 Å². The van der Waals surface area contributed by atoms with Gasteiger partial charge in [0.1, 0.15) is 0 Å². The van der Waals surface area contributed by atoms with Crippen LogP contribution in [0.4, 0.5) is 5.69 Å². The van der Waals surface area contributed by atoms with Gasteiger partial charge >= 0.3 is 0 Å². The first-order valence-electron chi connectivity index (χ1n) is 3.72. The van der Waals surface area contributed by atoms with Crippen LogP contribution in [-0.4, -0.2) is 26.2 Å². The van der Waals surface area contributed by atoms with Crippen molar-refractivity contribution in [1.29, 1.82) is 0 Å². The van der Waals surface area contributed by atoms with Gasteiger partial charge in [0, 0.05) is 6.07 Å². The lowest BCUT2D eigenvalue weighted by Crippen LogP contribution is -2.34. The van der Waals surface area contributed by atoms with E-state index in [2.05, 4.69) is 0 Å². The van der Waals surface area contributed by atoms with Crippen molar-refractivity contribution in [2.24, 2.45) is 0 Å². The molecule has 0 radical (unpaired) electrons. The average molecular weight is 187 g/mol. The Morgan fingerprint density at radius 2 is 1.83 bits per heavy atom. The Hall–Kier alpha value is -0.730. The van der Waals surface area contributed by atoms with Crippen LogP contribution in [0.5, 0.6) is 5.75 Å². The van der Waals surface area contributed by atoms with E-state index in [1.807, 2.05) is 33.3 Å². The summed E-state index contributed by atoms with van der Waals surface area (Å²) in [5.74, 6) is 0.173. The number of para-hydroxylation sites is 1. The number of phenolic OH excluding ortho intramolecular Hbond substituents is 1. The Kier molecular flexibility index (Phi) is 2.31. The second-order valence-electron chi connectivity index (χ2n) is 3.62. The van der Waals surface area contributed by atoms with Crippen molar-refractivity contribution in [3.05, 3.63) is 23.2 Å². The zero-order valence-electron chi connectivity index (χ0n) is 7.50. The maximum absolute atomic E-state index is 9.59. The predicted molar refractivity (Wildman–Crippen MR) is 52.7 cm³/mol. The van der Waals surface area contributed by atoms with Gasteiger partial charge in [0.2, 0.25) is 0 Å². The second-order valence-corrected chi connectivity index (χ2v) is 4.03. The lowest BCUT2D eigenvalue weighted by molar-refractivity contribution is 0.427. The van der Waals surface area contributed by atoms with Gasteiger partial charge in [-0.25, -0.2) is 0 Å². The first-order valence-corrected chi connectivity index (χ1v) is 4.10. The highest BCUT2D eigenvalue weighted by Gasteiger charge is 2.18. The molecule has 0 aliphatic heterocycles. The molecule has 1 N–H and O–H groups in total. The Morgan fingerprint density at radius 3 is 2.25 bits per heavy atom. The highest BCUT2D eigenvalue weighted by molar-refractivity contribution is 6.32. The molecular weight excluding hydrogens is 174 g/mol. The van der Waals surface area contributed by atoms with Crippen LogP contribution < -0.4 is 4.48 Å². The molecule has 0 aromatic heterocycles. The average Bonchev–Trinajstić information content (AvgIpc) is 1.92. The second kappa shape index (κ2) is 2.96. The zero-order valence-corrected chi connectivity index (χ0v) is 8.26. The number of hydrogen-bond acceptors (Lipinski definition) is 1. The molecule has 0 aliphatic rings. The minimum Gasteiger partial charge on any atom is -0.502 e. The van der Waals surface area contributed by atoms with E-state index < -0.39 is 0 Å². The van der Waals surface area contributed by atoms with E-state index in [0.717, 1.165) is 5.69 Å². The van der Waals surface area contributed by atoms with Gasteiger partial charge in [-0.1, -0.05) is 17.7 Å². The van der Waals surface area contributed by atoms with Crippen molar-refractivity contribution in [2.45, 2.75) is 0 Å². The Balaban J connectivity index is 3.26. The summed E-state index contributed by atoms with van der Waals surface area (Å²) in [5, 5.41) is 9.99. The van der Waals surface area contributed by atoms with E-state index in [4.69, 9.17) is 11.6 Å². The first-order chi connectivity index (χ1) is 5.43. The van der Waals surface area contributed by atoms with Crippen LogP contribution in [0, 0.1) is 0 Å². The van der Waals surface area contributed by atoms with E-state index in [0.29, 0.717) is 9.51 Å². The number of phenols is 1. The van der Waals surface area contributed by atoms with Gasteiger partial charge in [-0.2, -0.15) is 0 Å². The Bertz CT molecular complexity index is 291. The van der Waals surface area contributed by atoms with Crippen molar-refractivity contribution in [1.82, 2.24) is 4.48 Å². The quantitative estimate of drug-likeness (QED) is 0.667. The third-order valence-electron chi connectivity index (χ3n) is 1.69. The van der Waals surface area contributed by atoms with Crippen LogP contribution in [0.3, 0.4) is 0 Å². The van der Waals surface area contributed by atoms with Gasteiger partial charge in [-0.15, -0.1) is 0 Å². The number of halogens is 1. The van der Waals surface area contributed by atoms with Gasteiger partial charge in [-0.05, 0) is 6.07 Å². The number of benzene rings is 1. The Labute approximate surface area is 77.6 Å². The van der Waals surface area contributed by atoms with E-state index in [1.165, 1.54) is 0 Å². The van der Waals surface area contributed by atoms with E-state index in [-0.39, 0.29) is 5.75 Å². The number of rotatable bonds is 1. The summed E-state index contributed by atoms with van der Waals surface area (Å²) in [6.45, 7) is 0. The van der Waals surface area contributed by atoms with Crippen molar-refractivity contribution in [3.8, 4) is 5.75 Å². The molecule has 0 fully saturated rings. The molecular formula is C9H13ClNO+. The molecule has 0 saturated carbocycles. The summed E-state index contributed by atoms with van der Waals surface area (Å²) < 4.78 is 0.562. The molecule has 0 atom stereocenters. The van der Waals surface area contributed by atoms with E-state index in [9.17, 15) is 5.11 Å². The first kappa shape index (κ1) is 9.36. The normalized spacial score (nSPS) is 11.7. The molecule has 3 heteroatoms. The summed E-state index contributed by atoms with van der Waals surface area (Å²) in [7, 11) is 5.93. The highest BCUT2D eigenvalue weighted by atomic mass is 35.5. The van der Waals surface area contributed by atoms with Crippen LogP contribution in [0.2, 0.25) is 5.02 Å². The van der Waals surface area contributed by atoms with Crippen molar-refractivity contribution in [2.75, 3.05) is 21.1 Å². The van der Waals surface area contributed by atoms with Gasteiger partial charge < -0.3 is 5.11 Å². The number of hydrogen-bond donors (Lipinski definition) is 1. The maximum atomic E-state index is 9.59. The number of nitrogens with zero attached hydrogens (tertiary/aromatic N) is 1. The number of aromatic hydroxyl groups is 1. The van der Waals surface area contributed by atoms with Crippen molar-refractivity contribution >= 4 is 17.3 Å². The standard InChI is InChI=1S/C9H12ClNO/c1-11(2,3)8-6-4-5-7(10)9(8)12/h4-6H,1-3H3/p+1. The predicted octanol–water partition coefficient (Wildman–Crippen LogP) is 2.24. The fourth-order valence-electron chi connectivity index (χ4n) is 1.05. The minimum absolute atomic E-state index is 0.173. The molecule has 0 saturated heterocycles. The van der Waals surface area contributed by atoms with Gasteiger partial charge in [0.05, 0.1) is 26.2 Å². The van der Waals surface area contributed by atoms with Crippen LogP contribution in [0.15, 0.2) is 18.2 Å². The minimum atomic E-state index is 0.173. The Morgan fingerprint density at radius 1 is 1.25 bits per heavy atom. The topological polar surface area (TPSA) is 20.2 Å². The van der Waals surface area contributed by atoms with E-state index in [1.54, 1.807) is 6.07 Å². The molecule has 0 bridgehead atoms. The molecule has 12 heavy (non-hydrogen) atoms. The SMILES string of the molecule is C[N+](C)(C)c1cccc(Cl)c1O. The van der Waals surface area contributed by atoms with Crippen LogP contribution >= 0.6 is 11.6 Å². The summed E-state index contributed by atoms with van der Waals surface area (Å²) >= 11 is 5.76. The molecule has 0 aliphatic carbocycles. The molecule has 1 aromatic rings. The monoisotopic (exact) mass is 186 g/mol. The smallest absolute Gasteiger partial charge is 0.196 e. The molecule has 2 nitrogen and oxygen atoms in total. The molecule has 0 heterocycles. The maximum Gasteiger partial charge on any atom is 0.196 e. The van der Waals surface area contributed by atoms with Gasteiger partial charge in [0.25, 0.3) is 0 Å². The van der Waals surface area contributed by atoms with Gasteiger partial charge in [0.15, 0.2) is 11.4 Å². The van der Waals surface area contributed by atoms with Gasteiger partial charge in [-0.3, -0.25) is 4.48 Å². The largest absolute Gasteiger partial charge is 0.502 e. The lowest BCUT2D eigenvalue weighted by Gasteiger charge is -2.24. The molecule has 1 aromatic carbocycles. The fourth-order valence-corrected chi connectivity index (χ4v) is 1.21. The summed E-state index contributed by atoms with van der Waals surface area (Å²) in [4.78, 5) is 0. The summed E-state index contributed by atoms with van der Waals surface area (Å²) in [6.07, 6.45) is 0. The molecule has 0 spiro atoms. The highest BCUT2D eigenvalue weighted by Crippen LogP contribution is 2.35. The molecule has 0 unspecified atom stereocenters. The van der Waals surface area contributed by atoms with Crippen molar-refractivity contribution in [3.63, 3.8) is 0 Å². The number of quaternary nitrogens is 1. The third-order valence-corrected chi connectivity index (χ3v) is 1.99. The van der Waals surface area contributed by atoms with Crippen LogP contribution in [0.1, 0.15) is 0 Å². The van der Waals surface area contributed by atoms with Crippen molar-refractivity contribution < 1.29 is 5.11 Å². The van der Waals surface area contributed by atoms with Crippen LogP contribution in [-0.2, 0) is 0 Å². The molecule has 1 rings (SSSR count). The summed E-state index contributed by atoms with van der Waals surface area (Å²) in [6, 6.07) is 5.37. The summed E-state index contributed by atoms with van der Waals surface area (Å²) in [5.41, 5.74) is 0.822. The lowest BCUT2D eigenvalue weighted by atomic mass is 10.2. The molecule has 0 amide bonds. The zero-order chi connectivity index (χ0) is 9.35.